The molecule has 0 radical (unpaired) electrons. The van der Waals surface area contributed by atoms with Crippen LogP contribution in [0.3, 0.4) is 0 Å². The van der Waals surface area contributed by atoms with Crippen molar-refractivity contribution in [3.8, 4) is 0 Å². The maximum atomic E-state index is 10.6. The van der Waals surface area contributed by atoms with Crippen LogP contribution in [-0.2, 0) is 4.79 Å². The molecular formula is C6H11NO. The van der Waals surface area contributed by atoms with Crippen molar-refractivity contribution >= 4 is 12.0 Å². The van der Waals surface area contributed by atoms with E-state index in [4.69, 9.17) is 5.41 Å². The highest BCUT2D eigenvalue weighted by Gasteiger charge is 2.02. The van der Waals surface area contributed by atoms with E-state index in [0.717, 1.165) is 6.21 Å². The van der Waals surface area contributed by atoms with E-state index in [9.17, 15) is 4.79 Å². The molecule has 0 saturated heterocycles. The van der Waals surface area contributed by atoms with Crippen LogP contribution in [0.1, 0.15) is 20.3 Å². The second kappa shape index (κ2) is 3.36. The standard InChI is InChI=1S/C6H11NO/c1-5(2)6(8)3-4-7/h4-5,7H,3H2,1-2H3. The summed E-state index contributed by atoms with van der Waals surface area (Å²) in [6, 6.07) is 0. The van der Waals surface area contributed by atoms with E-state index in [1.165, 1.54) is 0 Å². The van der Waals surface area contributed by atoms with E-state index in [-0.39, 0.29) is 18.1 Å². The average molecular weight is 113 g/mol. The molecule has 2 heteroatoms. The summed E-state index contributed by atoms with van der Waals surface area (Å²) in [6.45, 7) is 3.68. The van der Waals surface area contributed by atoms with Gasteiger partial charge >= 0.3 is 0 Å². The molecular weight excluding hydrogens is 102 g/mol. The fraction of sp³-hybridized carbons (Fsp3) is 0.667. The number of hydrogen-bond acceptors (Lipinski definition) is 2. The van der Waals surface area contributed by atoms with Crippen molar-refractivity contribution in [1.82, 2.24) is 0 Å². The average Bonchev–Trinajstić information content (AvgIpc) is 1.67. The van der Waals surface area contributed by atoms with E-state index in [1.54, 1.807) is 0 Å². The molecule has 0 atom stereocenters. The number of nitrogens with one attached hydrogen (secondary N) is 1. The second-order valence-electron chi connectivity index (χ2n) is 2.03. The van der Waals surface area contributed by atoms with Crippen LogP contribution >= 0.6 is 0 Å². The van der Waals surface area contributed by atoms with Crippen molar-refractivity contribution in [1.29, 1.82) is 5.41 Å². The lowest BCUT2D eigenvalue weighted by atomic mass is 10.1. The Morgan fingerprint density at radius 3 is 2.38 bits per heavy atom. The van der Waals surface area contributed by atoms with Gasteiger partial charge in [-0.05, 0) is 0 Å². The number of carbonyl (C=O) groups excluding carboxylic acids is 1. The number of rotatable bonds is 3. The van der Waals surface area contributed by atoms with Gasteiger partial charge in [0.05, 0.1) is 0 Å². The summed E-state index contributed by atoms with van der Waals surface area (Å²) in [4.78, 5) is 10.6. The molecule has 0 aromatic heterocycles. The summed E-state index contributed by atoms with van der Waals surface area (Å²) in [7, 11) is 0. The van der Waals surface area contributed by atoms with Crippen LogP contribution < -0.4 is 0 Å². The zero-order valence-corrected chi connectivity index (χ0v) is 5.27. The largest absolute Gasteiger partial charge is 0.313 e. The molecule has 0 unspecified atom stereocenters. The first kappa shape index (κ1) is 7.34. The lowest BCUT2D eigenvalue weighted by molar-refractivity contribution is -0.120. The number of carbonyl (C=O) groups is 1. The highest BCUT2D eigenvalue weighted by molar-refractivity contribution is 5.91. The molecule has 0 heterocycles. The molecule has 0 aliphatic heterocycles. The molecule has 0 rings (SSSR count). The minimum absolute atomic E-state index is 0.0802. The summed E-state index contributed by atoms with van der Waals surface area (Å²) >= 11 is 0. The fourth-order valence-electron chi connectivity index (χ4n) is 0.336. The van der Waals surface area contributed by atoms with Crippen LogP contribution in [0.25, 0.3) is 0 Å². The Morgan fingerprint density at radius 1 is 1.75 bits per heavy atom. The number of Topliss-reactive ketones (excluding diaryl/α,β-unsaturated/α-hetero) is 1. The Morgan fingerprint density at radius 2 is 2.25 bits per heavy atom. The van der Waals surface area contributed by atoms with Gasteiger partial charge in [0.15, 0.2) is 0 Å². The summed E-state index contributed by atoms with van der Waals surface area (Å²) in [5.41, 5.74) is 0. The third kappa shape index (κ3) is 2.50. The molecule has 0 aromatic rings. The van der Waals surface area contributed by atoms with Crippen molar-refractivity contribution < 1.29 is 4.79 Å². The Balaban J connectivity index is 3.48. The normalized spacial score (nSPS) is 9.38. The summed E-state index contributed by atoms with van der Waals surface area (Å²) < 4.78 is 0. The summed E-state index contributed by atoms with van der Waals surface area (Å²) in [5.74, 6) is 0.219. The fourth-order valence-corrected chi connectivity index (χ4v) is 0.336. The van der Waals surface area contributed by atoms with Gasteiger partial charge in [0.2, 0.25) is 0 Å². The third-order valence-electron chi connectivity index (χ3n) is 0.947. The zero-order valence-electron chi connectivity index (χ0n) is 5.27. The third-order valence-corrected chi connectivity index (χ3v) is 0.947. The summed E-state index contributed by atoms with van der Waals surface area (Å²) in [5, 5.41) is 6.58. The van der Waals surface area contributed by atoms with Crippen LogP contribution in [0.15, 0.2) is 0 Å². The predicted octanol–water partition coefficient (Wildman–Crippen LogP) is 1.25. The number of ketones is 1. The minimum Gasteiger partial charge on any atom is -0.313 e. The van der Waals surface area contributed by atoms with Crippen LogP contribution in [0, 0.1) is 11.3 Å². The van der Waals surface area contributed by atoms with E-state index in [0.29, 0.717) is 0 Å². The first-order valence-electron chi connectivity index (χ1n) is 2.70. The van der Waals surface area contributed by atoms with Gasteiger partial charge < -0.3 is 5.41 Å². The molecule has 46 valence electrons. The van der Waals surface area contributed by atoms with Gasteiger partial charge in [-0.25, -0.2) is 0 Å². The van der Waals surface area contributed by atoms with Crippen LogP contribution in [-0.4, -0.2) is 12.0 Å². The molecule has 0 aromatic carbocycles. The monoisotopic (exact) mass is 113 g/mol. The lowest BCUT2D eigenvalue weighted by Crippen LogP contribution is -2.06. The van der Waals surface area contributed by atoms with E-state index < -0.39 is 0 Å². The van der Waals surface area contributed by atoms with Gasteiger partial charge in [0.25, 0.3) is 0 Å². The molecule has 8 heavy (non-hydrogen) atoms. The molecule has 0 saturated carbocycles. The quantitative estimate of drug-likeness (QED) is 0.550. The zero-order chi connectivity index (χ0) is 6.57. The van der Waals surface area contributed by atoms with E-state index >= 15 is 0 Å². The van der Waals surface area contributed by atoms with Crippen molar-refractivity contribution in [2.75, 3.05) is 0 Å². The van der Waals surface area contributed by atoms with Crippen molar-refractivity contribution in [3.05, 3.63) is 0 Å². The molecule has 0 bridgehead atoms. The van der Waals surface area contributed by atoms with Gasteiger partial charge in [-0.15, -0.1) is 0 Å². The molecule has 2 nitrogen and oxygen atoms in total. The van der Waals surface area contributed by atoms with Crippen LogP contribution in [0.2, 0.25) is 0 Å². The van der Waals surface area contributed by atoms with Gasteiger partial charge in [0, 0.05) is 18.6 Å². The maximum absolute atomic E-state index is 10.6. The highest BCUT2D eigenvalue weighted by Crippen LogP contribution is 1.95. The maximum Gasteiger partial charge on any atom is 0.140 e. The van der Waals surface area contributed by atoms with Crippen LogP contribution in [0.5, 0.6) is 0 Å². The van der Waals surface area contributed by atoms with E-state index in [2.05, 4.69) is 0 Å². The molecule has 1 N–H and O–H groups in total. The smallest absolute Gasteiger partial charge is 0.140 e. The minimum atomic E-state index is 0.0802. The molecule has 0 amide bonds. The van der Waals surface area contributed by atoms with Gasteiger partial charge in [-0.1, -0.05) is 13.8 Å². The van der Waals surface area contributed by atoms with Crippen molar-refractivity contribution in [2.24, 2.45) is 5.92 Å². The summed E-state index contributed by atoms with van der Waals surface area (Å²) in [6.07, 6.45) is 1.43. The Hall–Kier alpha value is -0.660. The highest BCUT2D eigenvalue weighted by atomic mass is 16.1. The van der Waals surface area contributed by atoms with E-state index in [1.807, 2.05) is 13.8 Å². The second-order valence-corrected chi connectivity index (χ2v) is 2.03. The molecule has 0 fully saturated rings. The van der Waals surface area contributed by atoms with Crippen molar-refractivity contribution in [3.63, 3.8) is 0 Å². The van der Waals surface area contributed by atoms with Gasteiger partial charge in [-0.2, -0.15) is 0 Å². The Labute approximate surface area is 49.4 Å². The van der Waals surface area contributed by atoms with Gasteiger partial charge in [0.1, 0.15) is 5.78 Å². The SMILES string of the molecule is CC(C)C(=O)CC=N. The topological polar surface area (TPSA) is 40.9 Å². The Bertz CT molecular complexity index is 96.7. The van der Waals surface area contributed by atoms with Crippen LogP contribution in [0.4, 0.5) is 0 Å². The molecule has 0 spiro atoms. The predicted molar refractivity (Wildman–Crippen MR) is 33.2 cm³/mol. The molecule has 0 aliphatic rings. The molecule has 0 aliphatic carbocycles. The first-order chi connectivity index (χ1) is 3.68. The lowest BCUT2D eigenvalue weighted by Gasteiger charge is -1.96. The van der Waals surface area contributed by atoms with Gasteiger partial charge in [-0.3, -0.25) is 4.79 Å². The Kier molecular flexibility index (Phi) is 3.08. The first-order valence-corrected chi connectivity index (χ1v) is 2.70. The number of hydrogen-bond donors (Lipinski definition) is 1. The van der Waals surface area contributed by atoms with Crippen molar-refractivity contribution in [2.45, 2.75) is 20.3 Å².